The number of carbonyl (C=O) groups excluding carboxylic acids is 2. The molecule has 0 fully saturated rings. The van der Waals surface area contributed by atoms with E-state index >= 15 is 0 Å². The van der Waals surface area contributed by atoms with Crippen LogP contribution in [0.4, 0.5) is 0 Å². The summed E-state index contributed by atoms with van der Waals surface area (Å²) in [4.78, 5) is 28.2. The number of hydrogen-bond donors (Lipinski definition) is 0. The Morgan fingerprint density at radius 2 is 1.41 bits per heavy atom. The largest absolute Gasteiger partial charge is 0.497 e. The summed E-state index contributed by atoms with van der Waals surface area (Å²) >= 11 is 0. The molecule has 2 atom stereocenters. The molecule has 1 amide bonds. The van der Waals surface area contributed by atoms with Crippen LogP contribution in [0.3, 0.4) is 0 Å². The van der Waals surface area contributed by atoms with E-state index in [-0.39, 0.29) is 38.0 Å². The van der Waals surface area contributed by atoms with Crippen LogP contribution in [-0.4, -0.2) is 42.7 Å². The predicted octanol–water partition coefficient (Wildman–Crippen LogP) is 4.66. The highest BCUT2D eigenvalue weighted by atomic mass is 16.5. The third-order valence-corrected chi connectivity index (χ3v) is 5.96. The van der Waals surface area contributed by atoms with Gasteiger partial charge in [0.15, 0.2) is 6.10 Å². The molecule has 1 aliphatic rings. The quantitative estimate of drug-likeness (QED) is 0.356. The monoisotopic (exact) mass is 501 g/mol. The Balaban J connectivity index is 1.64. The lowest BCUT2D eigenvalue weighted by Gasteiger charge is -2.36. The molecule has 0 spiro atoms. The molecule has 4 rings (SSSR count). The van der Waals surface area contributed by atoms with Gasteiger partial charge in [-0.2, -0.15) is 0 Å². The SMILES string of the molecule is CCOC(=O)C1=C[C@@H](OCc2ccccc2)[C@@H](OCc2ccccc2)C(=O)N1Cc1ccc(OC)cc1. The van der Waals surface area contributed by atoms with E-state index in [1.54, 1.807) is 20.1 Å². The fourth-order valence-electron chi connectivity index (χ4n) is 4.03. The second kappa shape index (κ2) is 12.9. The summed E-state index contributed by atoms with van der Waals surface area (Å²) in [7, 11) is 1.59. The number of esters is 1. The van der Waals surface area contributed by atoms with Crippen molar-refractivity contribution in [3.63, 3.8) is 0 Å². The van der Waals surface area contributed by atoms with Crippen molar-refractivity contribution in [3.8, 4) is 5.75 Å². The third-order valence-electron chi connectivity index (χ3n) is 5.96. The Hall–Kier alpha value is -3.94. The van der Waals surface area contributed by atoms with E-state index in [2.05, 4.69) is 0 Å². The first kappa shape index (κ1) is 26.1. The highest BCUT2D eigenvalue weighted by Gasteiger charge is 2.41. The smallest absolute Gasteiger partial charge is 0.354 e. The lowest BCUT2D eigenvalue weighted by Crippen LogP contribution is -2.51. The molecule has 7 heteroatoms. The molecule has 0 unspecified atom stereocenters. The molecule has 192 valence electrons. The van der Waals surface area contributed by atoms with Crippen LogP contribution < -0.4 is 4.74 Å². The van der Waals surface area contributed by atoms with E-state index < -0.39 is 18.2 Å². The van der Waals surface area contributed by atoms with E-state index in [0.29, 0.717) is 5.75 Å². The Labute approximate surface area is 217 Å². The van der Waals surface area contributed by atoms with Gasteiger partial charge in [-0.25, -0.2) is 4.79 Å². The van der Waals surface area contributed by atoms with Gasteiger partial charge in [-0.3, -0.25) is 9.69 Å². The van der Waals surface area contributed by atoms with E-state index in [9.17, 15) is 9.59 Å². The molecule has 37 heavy (non-hydrogen) atoms. The maximum atomic E-state index is 13.9. The van der Waals surface area contributed by atoms with E-state index in [1.165, 1.54) is 4.90 Å². The summed E-state index contributed by atoms with van der Waals surface area (Å²) in [5, 5.41) is 0. The number of ether oxygens (including phenoxy) is 4. The van der Waals surface area contributed by atoms with Gasteiger partial charge in [-0.15, -0.1) is 0 Å². The third kappa shape index (κ3) is 6.84. The van der Waals surface area contributed by atoms with Crippen LogP contribution in [0, 0.1) is 0 Å². The van der Waals surface area contributed by atoms with Gasteiger partial charge in [0.25, 0.3) is 5.91 Å². The van der Waals surface area contributed by atoms with Crippen LogP contribution in [0.25, 0.3) is 0 Å². The van der Waals surface area contributed by atoms with Crippen LogP contribution in [0.15, 0.2) is 96.7 Å². The van der Waals surface area contributed by atoms with Gasteiger partial charge in [0.2, 0.25) is 0 Å². The highest BCUT2D eigenvalue weighted by Crippen LogP contribution is 2.27. The Morgan fingerprint density at radius 3 is 1.97 bits per heavy atom. The normalized spacial score (nSPS) is 17.3. The van der Waals surface area contributed by atoms with Crippen LogP contribution >= 0.6 is 0 Å². The number of benzene rings is 3. The molecule has 7 nitrogen and oxygen atoms in total. The van der Waals surface area contributed by atoms with Gasteiger partial charge in [-0.1, -0.05) is 72.8 Å². The molecular formula is C30H31NO6. The standard InChI is InChI=1S/C30H31NO6/c1-3-35-30(33)26-18-27(36-20-23-10-6-4-7-11-23)28(37-21-24-12-8-5-9-13-24)29(32)31(26)19-22-14-16-25(34-2)17-15-22/h4-18,27-28H,3,19-21H2,1-2H3/t27-,28-/m1/s1. The molecule has 0 aliphatic carbocycles. The van der Waals surface area contributed by atoms with Gasteiger partial charge < -0.3 is 18.9 Å². The summed E-state index contributed by atoms with van der Waals surface area (Å²) < 4.78 is 22.8. The van der Waals surface area contributed by atoms with E-state index in [4.69, 9.17) is 18.9 Å². The highest BCUT2D eigenvalue weighted by molar-refractivity contribution is 5.97. The summed E-state index contributed by atoms with van der Waals surface area (Å²) in [5.41, 5.74) is 2.84. The zero-order chi connectivity index (χ0) is 26.0. The van der Waals surface area contributed by atoms with Gasteiger partial charge in [0, 0.05) is 0 Å². The van der Waals surface area contributed by atoms with Crippen molar-refractivity contribution in [2.75, 3.05) is 13.7 Å². The van der Waals surface area contributed by atoms with Crippen LogP contribution in [-0.2, 0) is 43.6 Å². The molecule has 0 saturated carbocycles. The average Bonchev–Trinajstić information content (AvgIpc) is 2.94. The summed E-state index contributed by atoms with van der Waals surface area (Å²) in [6.45, 7) is 2.57. The van der Waals surface area contributed by atoms with Gasteiger partial charge in [0.1, 0.15) is 17.6 Å². The number of hydrogen-bond acceptors (Lipinski definition) is 6. The molecule has 0 saturated heterocycles. The first-order valence-electron chi connectivity index (χ1n) is 12.2. The van der Waals surface area contributed by atoms with Crippen molar-refractivity contribution < 1.29 is 28.5 Å². The molecule has 0 N–H and O–H groups in total. The lowest BCUT2D eigenvalue weighted by molar-refractivity contribution is -0.160. The van der Waals surface area contributed by atoms with Gasteiger partial charge in [0.05, 0.1) is 33.5 Å². The van der Waals surface area contributed by atoms with Gasteiger partial charge in [-0.05, 0) is 41.8 Å². The number of amides is 1. The second-order valence-electron chi connectivity index (χ2n) is 8.52. The summed E-state index contributed by atoms with van der Waals surface area (Å²) in [6, 6.07) is 26.6. The van der Waals surface area contributed by atoms with Crippen molar-refractivity contribution in [3.05, 3.63) is 113 Å². The summed E-state index contributed by atoms with van der Waals surface area (Å²) in [5.74, 6) is -0.247. The lowest BCUT2D eigenvalue weighted by atomic mass is 10.0. The maximum Gasteiger partial charge on any atom is 0.354 e. The minimum absolute atomic E-state index is 0.139. The second-order valence-corrected chi connectivity index (χ2v) is 8.52. The molecule has 0 bridgehead atoms. The summed E-state index contributed by atoms with van der Waals surface area (Å²) in [6.07, 6.45) is -0.0788. The Kier molecular flexibility index (Phi) is 9.08. The van der Waals surface area contributed by atoms with E-state index in [1.807, 2.05) is 84.9 Å². The van der Waals surface area contributed by atoms with Crippen molar-refractivity contribution in [2.45, 2.75) is 38.9 Å². The molecular weight excluding hydrogens is 470 g/mol. The average molecular weight is 502 g/mol. The molecule has 1 heterocycles. The number of rotatable bonds is 11. The Morgan fingerprint density at radius 1 is 0.811 bits per heavy atom. The predicted molar refractivity (Wildman–Crippen MR) is 138 cm³/mol. The number of methoxy groups -OCH3 is 1. The molecule has 3 aromatic carbocycles. The minimum atomic E-state index is -0.944. The minimum Gasteiger partial charge on any atom is -0.497 e. The molecule has 3 aromatic rings. The van der Waals surface area contributed by atoms with Crippen molar-refractivity contribution >= 4 is 11.9 Å². The van der Waals surface area contributed by atoms with Crippen molar-refractivity contribution in [1.82, 2.24) is 4.90 Å². The van der Waals surface area contributed by atoms with Crippen molar-refractivity contribution in [2.24, 2.45) is 0 Å². The zero-order valence-electron chi connectivity index (χ0n) is 21.0. The fourth-order valence-corrected chi connectivity index (χ4v) is 4.03. The molecule has 1 aliphatic heterocycles. The fraction of sp³-hybridized carbons (Fsp3) is 0.267. The number of nitrogens with zero attached hydrogens (tertiary/aromatic N) is 1. The van der Waals surface area contributed by atoms with Crippen LogP contribution in [0.1, 0.15) is 23.6 Å². The van der Waals surface area contributed by atoms with Crippen molar-refractivity contribution in [1.29, 1.82) is 0 Å². The Bertz CT molecular complexity index is 1190. The van der Waals surface area contributed by atoms with Crippen LogP contribution in [0.5, 0.6) is 5.75 Å². The maximum absolute atomic E-state index is 13.9. The van der Waals surface area contributed by atoms with E-state index in [0.717, 1.165) is 16.7 Å². The zero-order valence-corrected chi connectivity index (χ0v) is 21.0. The number of carbonyl (C=O) groups is 2. The first-order valence-corrected chi connectivity index (χ1v) is 12.2. The molecule has 0 radical (unpaired) electrons. The van der Waals surface area contributed by atoms with Crippen LogP contribution in [0.2, 0.25) is 0 Å². The molecule has 0 aromatic heterocycles. The first-order chi connectivity index (χ1) is 18.1. The topological polar surface area (TPSA) is 74.3 Å². The van der Waals surface area contributed by atoms with Gasteiger partial charge >= 0.3 is 5.97 Å².